The number of nitrogens with zero attached hydrogens (tertiary/aromatic N) is 2. The number of pyridine rings is 1. The molecule has 1 aromatic rings. The number of nitrogens with one attached hydrogen (secondary N) is 1. The molecule has 1 fully saturated rings. The Bertz CT molecular complexity index is 476. The van der Waals surface area contributed by atoms with Crippen LogP contribution in [0, 0.1) is 6.92 Å². The van der Waals surface area contributed by atoms with Crippen LogP contribution in [0.3, 0.4) is 0 Å². The van der Waals surface area contributed by atoms with E-state index in [2.05, 4.69) is 36.0 Å². The quantitative estimate of drug-likeness (QED) is 0.921. The number of amides is 1. The summed E-state index contributed by atoms with van der Waals surface area (Å²) in [4.78, 5) is 19.0. The summed E-state index contributed by atoms with van der Waals surface area (Å²) in [6.45, 7) is 10.6. The Hall–Kier alpha value is -1.42. The molecule has 20 heavy (non-hydrogen) atoms. The molecule has 1 aromatic heterocycles. The maximum absolute atomic E-state index is 12.3. The second-order valence-electron chi connectivity index (χ2n) is 6.31. The van der Waals surface area contributed by atoms with Crippen LogP contribution in [-0.2, 0) is 0 Å². The lowest BCUT2D eigenvalue weighted by Gasteiger charge is -2.41. The van der Waals surface area contributed by atoms with Crippen LogP contribution in [-0.4, -0.2) is 40.5 Å². The number of carbonyl (C=O) groups excluding carboxylic acids is 1. The fourth-order valence-corrected chi connectivity index (χ4v) is 2.67. The third-order valence-electron chi connectivity index (χ3n) is 4.17. The van der Waals surface area contributed by atoms with Crippen molar-refractivity contribution >= 4 is 5.91 Å². The zero-order valence-corrected chi connectivity index (χ0v) is 12.9. The molecule has 0 aromatic carbocycles. The first kappa shape index (κ1) is 15.0. The summed E-state index contributed by atoms with van der Waals surface area (Å²) in [6, 6.07) is 6.13. The van der Waals surface area contributed by atoms with Gasteiger partial charge in [-0.05, 0) is 52.7 Å². The lowest BCUT2D eigenvalue weighted by Crippen LogP contribution is -2.54. The molecule has 0 bridgehead atoms. The molecule has 1 aliphatic rings. The molecule has 4 nitrogen and oxygen atoms in total. The summed E-state index contributed by atoms with van der Waals surface area (Å²) >= 11 is 0. The maximum Gasteiger partial charge on any atom is 0.270 e. The van der Waals surface area contributed by atoms with Crippen LogP contribution < -0.4 is 5.32 Å². The standard InChI is InChI=1S/C16H25N3O/c1-12(2)19-10-8-16(4,9-11-19)18-15(20)14-7-5-6-13(3)17-14/h5-7,12H,8-11H2,1-4H3,(H,18,20). The topological polar surface area (TPSA) is 45.2 Å². The zero-order valence-electron chi connectivity index (χ0n) is 12.9. The van der Waals surface area contributed by atoms with E-state index in [0.29, 0.717) is 11.7 Å². The smallest absolute Gasteiger partial charge is 0.270 e. The van der Waals surface area contributed by atoms with E-state index < -0.39 is 0 Å². The number of carbonyl (C=O) groups is 1. The van der Waals surface area contributed by atoms with Crippen LogP contribution in [0.25, 0.3) is 0 Å². The molecule has 0 radical (unpaired) electrons. The van der Waals surface area contributed by atoms with E-state index >= 15 is 0 Å². The molecule has 4 heteroatoms. The highest BCUT2D eigenvalue weighted by molar-refractivity contribution is 5.92. The molecule has 1 saturated heterocycles. The Labute approximate surface area is 121 Å². The summed E-state index contributed by atoms with van der Waals surface area (Å²) in [5.74, 6) is -0.0609. The van der Waals surface area contributed by atoms with Crippen LogP contribution in [0.2, 0.25) is 0 Å². The number of likely N-dealkylation sites (tertiary alicyclic amines) is 1. The molecule has 0 unspecified atom stereocenters. The molecule has 0 atom stereocenters. The van der Waals surface area contributed by atoms with E-state index in [1.165, 1.54) is 0 Å². The summed E-state index contributed by atoms with van der Waals surface area (Å²) < 4.78 is 0. The normalized spacial score (nSPS) is 19.1. The Morgan fingerprint density at radius 3 is 2.55 bits per heavy atom. The van der Waals surface area contributed by atoms with Crippen molar-refractivity contribution in [3.05, 3.63) is 29.6 Å². The molecular formula is C16H25N3O. The lowest BCUT2D eigenvalue weighted by molar-refractivity contribution is 0.0797. The number of aryl methyl sites for hydroxylation is 1. The van der Waals surface area contributed by atoms with Gasteiger partial charge in [-0.15, -0.1) is 0 Å². The van der Waals surface area contributed by atoms with Crippen molar-refractivity contribution in [3.8, 4) is 0 Å². The number of hydrogen-bond donors (Lipinski definition) is 1. The lowest BCUT2D eigenvalue weighted by atomic mass is 9.89. The number of piperidine rings is 1. The molecular weight excluding hydrogens is 250 g/mol. The molecule has 2 rings (SSSR count). The van der Waals surface area contributed by atoms with E-state index in [1.54, 1.807) is 6.07 Å². The second-order valence-corrected chi connectivity index (χ2v) is 6.31. The molecule has 0 saturated carbocycles. The predicted molar refractivity (Wildman–Crippen MR) is 80.8 cm³/mol. The van der Waals surface area contributed by atoms with Crippen LogP contribution in [0.5, 0.6) is 0 Å². The maximum atomic E-state index is 12.3. The molecule has 1 amide bonds. The first-order valence-electron chi connectivity index (χ1n) is 7.40. The average Bonchev–Trinajstić information content (AvgIpc) is 2.38. The van der Waals surface area contributed by atoms with Crippen molar-refractivity contribution in [1.29, 1.82) is 0 Å². The van der Waals surface area contributed by atoms with Gasteiger partial charge in [0, 0.05) is 30.4 Å². The Morgan fingerprint density at radius 1 is 1.35 bits per heavy atom. The van der Waals surface area contributed by atoms with Crippen LogP contribution in [0.1, 0.15) is 49.8 Å². The van der Waals surface area contributed by atoms with Crippen molar-refractivity contribution in [1.82, 2.24) is 15.2 Å². The molecule has 110 valence electrons. The number of hydrogen-bond acceptors (Lipinski definition) is 3. The second kappa shape index (κ2) is 5.92. The van der Waals surface area contributed by atoms with Crippen molar-refractivity contribution < 1.29 is 4.79 Å². The minimum Gasteiger partial charge on any atom is -0.345 e. The van der Waals surface area contributed by atoms with Crippen molar-refractivity contribution in [2.24, 2.45) is 0 Å². The SMILES string of the molecule is Cc1cccc(C(=O)NC2(C)CCN(C(C)C)CC2)n1. The van der Waals surface area contributed by atoms with E-state index in [9.17, 15) is 4.79 Å². The predicted octanol–water partition coefficient (Wildman–Crippen LogP) is 2.38. The molecule has 2 heterocycles. The summed E-state index contributed by atoms with van der Waals surface area (Å²) in [5.41, 5.74) is 1.27. The summed E-state index contributed by atoms with van der Waals surface area (Å²) in [5, 5.41) is 3.17. The minimum atomic E-state index is -0.117. The monoisotopic (exact) mass is 275 g/mol. The van der Waals surface area contributed by atoms with Gasteiger partial charge in [0.1, 0.15) is 5.69 Å². The van der Waals surface area contributed by atoms with Gasteiger partial charge in [0.05, 0.1) is 0 Å². The third-order valence-corrected chi connectivity index (χ3v) is 4.17. The van der Waals surface area contributed by atoms with Crippen molar-refractivity contribution in [2.75, 3.05) is 13.1 Å². The third kappa shape index (κ3) is 3.57. The van der Waals surface area contributed by atoms with E-state index in [1.807, 2.05) is 19.1 Å². The Kier molecular flexibility index (Phi) is 4.43. The first-order valence-corrected chi connectivity index (χ1v) is 7.40. The summed E-state index contributed by atoms with van der Waals surface area (Å²) in [6.07, 6.45) is 1.98. The fraction of sp³-hybridized carbons (Fsp3) is 0.625. The molecule has 1 aliphatic heterocycles. The van der Waals surface area contributed by atoms with Gasteiger partial charge in [-0.2, -0.15) is 0 Å². The molecule has 1 N–H and O–H groups in total. The highest BCUT2D eigenvalue weighted by Crippen LogP contribution is 2.23. The number of rotatable bonds is 3. The molecule has 0 spiro atoms. The van der Waals surface area contributed by atoms with Gasteiger partial charge in [-0.25, -0.2) is 4.98 Å². The van der Waals surface area contributed by atoms with Gasteiger partial charge in [-0.3, -0.25) is 4.79 Å². The largest absolute Gasteiger partial charge is 0.345 e. The van der Waals surface area contributed by atoms with Crippen molar-refractivity contribution in [2.45, 2.75) is 52.1 Å². The van der Waals surface area contributed by atoms with Crippen molar-refractivity contribution in [3.63, 3.8) is 0 Å². The first-order chi connectivity index (χ1) is 9.39. The van der Waals surface area contributed by atoms with Gasteiger partial charge in [0.15, 0.2) is 0 Å². The van der Waals surface area contributed by atoms with E-state index in [0.717, 1.165) is 31.6 Å². The van der Waals surface area contributed by atoms with Crippen LogP contribution in [0.4, 0.5) is 0 Å². The zero-order chi connectivity index (χ0) is 14.8. The Balaban J connectivity index is 1.98. The van der Waals surface area contributed by atoms with E-state index in [4.69, 9.17) is 0 Å². The van der Waals surface area contributed by atoms with Gasteiger partial charge < -0.3 is 10.2 Å². The summed E-state index contributed by atoms with van der Waals surface area (Å²) in [7, 11) is 0. The fourth-order valence-electron chi connectivity index (χ4n) is 2.67. The Morgan fingerprint density at radius 2 is 2.00 bits per heavy atom. The minimum absolute atomic E-state index is 0.0609. The highest BCUT2D eigenvalue weighted by Gasteiger charge is 2.32. The molecule has 0 aliphatic carbocycles. The van der Waals surface area contributed by atoms with Gasteiger partial charge >= 0.3 is 0 Å². The highest BCUT2D eigenvalue weighted by atomic mass is 16.2. The van der Waals surface area contributed by atoms with Gasteiger partial charge in [0.2, 0.25) is 0 Å². The van der Waals surface area contributed by atoms with Gasteiger partial charge in [-0.1, -0.05) is 6.07 Å². The van der Waals surface area contributed by atoms with Crippen LogP contribution in [0.15, 0.2) is 18.2 Å². The van der Waals surface area contributed by atoms with E-state index in [-0.39, 0.29) is 11.4 Å². The average molecular weight is 275 g/mol. The van der Waals surface area contributed by atoms with Gasteiger partial charge in [0.25, 0.3) is 5.91 Å². The van der Waals surface area contributed by atoms with Crippen LogP contribution >= 0.6 is 0 Å². The number of aromatic nitrogens is 1.